The van der Waals surface area contributed by atoms with Crippen molar-refractivity contribution in [3.05, 3.63) is 0 Å². The number of nitrogens with zero attached hydrogens (tertiary/aromatic N) is 1. The summed E-state index contributed by atoms with van der Waals surface area (Å²) in [7, 11) is 0. The van der Waals surface area contributed by atoms with E-state index in [1.165, 1.54) is 51.6 Å². The van der Waals surface area contributed by atoms with E-state index in [2.05, 4.69) is 24.1 Å². The van der Waals surface area contributed by atoms with Crippen LogP contribution >= 0.6 is 0 Å². The first-order valence-electron chi connectivity index (χ1n) is 7.73. The molecule has 0 spiro atoms. The normalized spacial score (nSPS) is 33.2. The number of nitrogens with one attached hydrogen (secondary N) is 1. The van der Waals surface area contributed by atoms with Crippen molar-refractivity contribution in [2.75, 3.05) is 13.1 Å². The van der Waals surface area contributed by atoms with Crippen molar-refractivity contribution in [2.45, 2.75) is 70.5 Å². The lowest BCUT2D eigenvalue weighted by Crippen LogP contribution is -2.52. The predicted octanol–water partition coefficient (Wildman–Crippen LogP) is 2.64. The zero-order valence-electron chi connectivity index (χ0n) is 11.5. The summed E-state index contributed by atoms with van der Waals surface area (Å²) in [6.07, 6.45) is 8.89. The van der Waals surface area contributed by atoms with Crippen LogP contribution in [0.1, 0.15) is 52.4 Å². The Morgan fingerprint density at radius 2 is 1.82 bits per heavy atom. The second kappa shape index (κ2) is 4.89. The second-order valence-electron chi connectivity index (χ2n) is 6.84. The van der Waals surface area contributed by atoms with Crippen LogP contribution in [0.25, 0.3) is 0 Å². The van der Waals surface area contributed by atoms with Crippen LogP contribution in [0.15, 0.2) is 0 Å². The molecule has 3 aliphatic carbocycles. The fourth-order valence-electron chi connectivity index (χ4n) is 3.17. The quantitative estimate of drug-likeness (QED) is 0.731. The van der Waals surface area contributed by atoms with Crippen LogP contribution in [-0.2, 0) is 0 Å². The van der Waals surface area contributed by atoms with Crippen LogP contribution in [0.5, 0.6) is 0 Å². The Balaban J connectivity index is 1.50. The Morgan fingerprint density at radius 3 is 2.29 bits per heavy atom. The molecule has 3 rings (SSSR count). The first kappa shape index (κ1) is 12.0. The van der Waals surface area contributed by atoms with Crippen molar-refractivity contribution in [1.82, 2.24) is 10.2 Å². The third kappa shape index (κ3) is 3.03. The van der Waals surface area contributed by atoms with Gasteiger partial charge in [-0.05, 0) is 56.9 Å². The third-order valence-corrected chi connectivity index (χ3v) is 4.77. The summed E-state index contributed by atoms with van der Waals surface area (Å²) in [6.45, 7) is 7.19. The molecule has 0 aromatic carbocycles. The number of hydrogen-bond acceptors (Lipinski definition) is 2. The molecule has 2 nitrogen and oxygen atoms in total. The lowest BCUT2D eigenvalue weighted by atomic mass is 9.78. The van der Waals surface area contributed by atoms with Gasteiger partial charge in [0, 0.05) is 24.7 Å². The van der Waals surface area contributed by atoms with Crippen molar-refractivity contribution >= 4 is 0 Å². The van der Waals surface area contributed by atoms with Gasteiger partial charge in [-0.1, -0.05) is 13.8 Å². The predicted molar refractivity (Wildman–Crippen MR) is 72.1 cm³/mol. The average molecular weight is 236 g/mol. The van der Waals surface area contributed by atoms with Crippen LogP contribution < -0.4 is 5.32 Å². The molecule has 98 valence electrons. The molecule has 3 aliphatic rings. The van der Waals surface area contributed by atoms with Crippen LogP contribution in [0.2, 0.25) is 0 Å². The molecule has 0 saturated heterocycles. The zero-order valence-corrected chi connectivity index (χ0v) is 11.5. The molecule has 0 amide bonds. The summed E-state index contributed by atoms with van der Waals surface area (Å²) >= 11 is 0. The number of rotatable bonds is 7. The van der Waals surface area contributed by atoms with E-state index in [-0.39, 0.29) is 0 Å². The highest BCUT2D eigenvalue weighted by atomic mass is 15.2. The van der Waals surface area contributed by atoms with Gasteiger partial charge in [0.1, 0.15) is 0 Å². The molecule has 3 saturated carbocycles. The van der Waals surface area contributed by atoms with Gasteiger partial charge in [-0.15, -0.1) is 0 Å². The largest absolute Gasteiger partial charge is 0.314 e. The van der Waals surface area contributed by atoms with Crippen molar-refractivity contribution < 1.29 is 0 Å². The van der Waals surface area contributed by atoms with E-state index in [4.69, 9.17) is 0 Å². The summed E-state index contributed by atoms with van der Waals surface area (Å²) in [5, 5.41) is 3.63. The maximum Gasteiger partial charge on any atom is 0.0139 e. The summed E-state index contributed by atoms with van der Waals surface area (Å²) in [4.78, 5) is 2.90. The van der Waals surface area contributed by atoms with Gasteiger partial charge in [0.25, 0.3) is 0 Å². The molecular formula is C15H28N2. The molecule has 0 bridgehead atoms. The van der Waals surface area contributed by atoms with Gasteiger partial charge in [-0.2, -0.15) is 0 Å². The SMILES string of the molecule is CC(C)NCC1CCC1N(CC1CC1)C1CC1. The van der Waals surface area contributed by atoms with E-state index in [0.29, 0.717) is 6.04 Å². The van der Waals surface area contributed by atoms with Crippen molar-refractivity contribution in [3.63, 3.8) is 0 Å². The van der Waals surface area contributed by atoms with Crippen molar-refractivity contribution in [3.8, 4) is 0 Å². The van der Waals surface area contributed by atoms with Crippen LogP contribution in [0.3, 0.4) is 0 Å². The Hall–Kier alpha value is -0.0800. The van der Waals surface area contributed by atoms with E-state index >= 15 is 0 Å². The van der Waals surface area contributed by atoms with E-state index in [1.54, 1.807) is 0 Å². The third-order valence-electron chi connectivity index (χ3n) is 4.77. The fourth-order valence-corrected chi connectivity index (χ4v) is 3.17. The molecule has 17 heavy (non-hydrogen) atoms. The Bertz CT molecular complexity index is 256. The highest BCUT2D eigenvalue weighted by Gasteiger charge is 2.43. The van der Waals surface area contributed by atoms with Gasteiger partial charge in [0.15, 0.2) is 0 Å². The highest BCUT2D eigenvalue weighted by Crippen LogP contribution is 2.42. The van der Waals surface area contributed by atoms with E-state index in [0.717, 1.165) is 23.9 Å². The molecule has 1 N–H and O–H groups in total. The maximum absolute atomic E-state index is 3.63. The van der Waals surface area contributed by atoms with Crippen LogP contribution in [0.4, 0.5) is 0 Å². The first-order valence-corrected chi connectivity index (χ1v) is 7.73. The van der Waals surface area contributed by atoms with E-state index in [1.807, 2.05) is 0 Å². The minimum absolute atomic E-state index is 0.647. The first-order chi connectivity index (χ1) is 8.24. The van der Waals surface area contributed by atoms with Gasteiger partial charge < -0.3 is 5.32 Å². The van der Waals surface area contributed by atoms with Gasteiger partial charge >= 0.3 is 0 Å². The molecule has 0 radical (unpaired) electrons. The average Bonchev–Trinajstić information content (AvgIpc) is 3.10. The molecule has 2 unspecified atom stereocenters. The van der Waals surface area contributed by atoms with Gasteiger partial charge in [0.2, 0.25) is 0 Å². The molecule has 3 fully saturated rings. The van der Waals surface area contributed by atoms with Gasteiger partial charge in [-0.25, -0.2) is 0 Å². The second-order valence-corrected chi connectivity index (χ2v) is 6.84. The number of hydrogen-bond donors (Lipinski definition) is 1. The molecule has 0 heterocycles. The molecule has 2 heteroatoms. The van der Waals surface area contributed by atoms with Crippen molar-refractivity contribution in [1.29, 1.82) is 0 Å². The minimum Gasteiger partial charge on any atom is -0.314 e. The van der Waals surface area contributed by atoms with Crippen LogP contribution in [0, 0.1) is 11.8 Å². The van der Waals surface area contributed by atoms with Gasteiger partial charge in [-0.3, -0.25) is 4.90 Å². The highest BCUT2D eigenvalue weighted by molar-refractivity contribution is 4.98. The lowest BCUT2D eigenvalue weighted by Gasteiger charge is -2.45. The summed E-state index contributed by atoms with van der Waals surface area (Å²) < 4.78 is 0. The molecule has 0 aromatic heterocycles. The molecule has 0 aliphatic heterocycles. The van der Waals surface area contributed by atoms with Gasteiger partial charge in [0.05, 0.1) is 0 Å². The minimum atomic E-state index is 0.647. The smallest absolute Gasteiger partial charge is 0.0139 e. The van der Waals surface area contributed by atoms with Crippen molar-refractivity contribution in [2.24, 2.45) is 11.8 Å². The van der Waals surface area contributed by atoms with E-state index in [9.17, 15) is 0 Å². The Morgan fingerprint density at radius 1 is 1.06 bits per heavy atom. The fraction of sp³-hybridized carbons (Fsp3) is 1.00. The van der Waals surface area contributed by atoms with E-state index < -0.39 is 0 Å². The lowest BCUT2D eigenvalue weighted by molar-refractivity contribution is 0.0501. The van der Waals surface area contributed by atoms with Crippen LogP contribution in [-0.4, -0.2) is 36.1 Å². The Labute approximate surface area is 106 Å². The standard InChI is InChI=1S/C15H28N2/c1-11(2)16-9-13-5-8-15(13)17(14-6-7-14)10-12-3-4-12/h11-16H,3-10H2,1-2H3. The summed E-state index contributed by atoms with van der Waals surface area (Å²) in [6, 6.07) is 2.55. The Kier molecular flexibility index (Phi) is 3.45. The summed E-state index contributed by atoms with van der Waals surface area (Å²) in [5.41, 5.74) is 0. The molecular weight excluding hydrogens is 208 g/mol. The zero-order chi connectivity index (χ0) is 11.8. The molecule has 2 atom stereocenters. The maximum atomic E-state index is 3.63. The monoisotopic (exact) mass is 236 g/mol. The summed E-state index contributed by atoms with van der Waals surface area (Å²) in [5.74, 6) is 2.01. The topological polar surface area (TPSA) is 15.3 Å². The molecule has 0 aromatic rings.